The molecule has 1 aliphatic rings. The summed E-state index contributed by atoms with van der Waals surface area (Å²) < 4.78 is 18.8. The number of methoxy groups -OCH3 is 1. The largest absolute Gasteiger partial charge is 0.487 e. The van der Waals surface area contributed by atoms with Gasteiger partial charge in [-0.3, -0.25) is 0 Å². The molecule has 15 heteroatoms. The lowest BCUT2D eigenvalue weighted by Crippen LogP contribution is -2.39. The number of rotatable bonds is 9. The highest BCUT2D eigenvalue weighted by Gasteiger charge is 2.25. The molecule has 1 amide bonds. The molecule has 0 saturated carbocycles. The minimum atomic E-state index is -0.531. The first-order valence-electron chi connectivity index (χ1n) is 14.6. The van der Waals surface area contributed by atoms with Crippen molar-refractivity contribution in [3.63, 3.8) is 0 Å². The molecule has 4 heterocycles. The standard InChI is InChI=1S/C30H37ClN10O4/c1-20(18-41-19-34-37-38-41)44-25-15-21(7-8-23(25)31)22-16-32-28(33-17-22)35-24-9-10-26(36-27(24)43-5)39-11-6-12-40(14-13-39)29(42)45-30(2,3)4/h7-10,15-17,19-20H,6,11-14,18H2,1-5H3,(H,32,33,35)/t20-/m0/s1. The molecule has 0 radical (unpaired) electrons. The molecule has 5 rings (SSSR count). The van der Waals surface area contributed by atoms with E-state index >= 15 is 0 Å². The fraction of sp³-hybridized carbons (Fsp3) is 0.433. The fourth-order valence-electron chi connectivity index (χ4n) is 4.73. The summed E-state index contributed by atoms with van der Waals surface area (Å²) in [6.45, 7) is 10.5. The zero-order valence-corrected chi connectivity index (χ0v) is 26.7. The average molecular weight is 637 g/mol. The minimum Gasteiger partial charge on any atom is -0.487 e. The van der Waals surface area contributed by atoms with E-state index in [9.17, 15) is 4.79 Å². The van der Waals surface area contributed by atoms with Crippen LogP contribution >= 0.6 is 11.6 Å². The maximum Gasteiger partial charge on any atom is 0.410 e. The summed E-state index contributed by atoms with van der Waals surface area (Å²) in [6, 6.07) is 9.31. The third kappa shape index (κ3) is 8.47. The van der Waals surface area contributed by atoms with Crippen molar-refractivity contribution in [1.29, 1.82) is 0 Å². The van der Waals surface area contributed by atoms with Crippen molar-refractivity contribution >= 4 is 35.1 Å². The van der Waals surface area contributed by atoms with Gasteiger partial charge in [0.15, 0.2) is 0 Å². The van der Waals surface area contributed by atoms with E-state index in [0.717, 1.165) is 29.9 Å². The Morgan fingerprint density at radius 2 is 1.87 bits per heavy atom. The molecule has 0 bridgehead atoms. The Morgan fingerprint density at radius 3 is 2.58 bits per heavy atom. The number of ether oxygens (including phenoxy) is 3. The second kappa shape index (κ2) is 13.9. The van der Waals surface area contributed by atoms with Crippen LogP contribution in [0.5, 0.6) is 11.6 Å². The van der Waals surface area contributed by atoms with Gasteiger partial charge in [0.05, 0.1) is 18.7 Å². The molecule has 1 aromatic carbocycles. The van der Waals surface area contributed by atoms with Crippen molar-refractivity contribution in [2.75, 3.05) is 43.5 Å². The van der Waals surface area contributed by atoms with Crippen LogP contribution in [0.25, 0.3) is 11.1 Å². The Morgan fingerprint density at radius 1 is 1.07 bits per heavy atom. The molecule has 1 N–H and O–H groups in total. The lowest BCUT2D eigenvalue weighted by atomic mass is 10.1. The number of carbonyl (C=O) groups excluding carboxylic acids is 1. The van der Waals surface area contributed by atoms with Gasteiger partial charge in [0, 0.05) is 44.1 Å². The SMILES string of the molecule is COc1nc(N2CCCN(C(=O)OC(C)(C)C)CC2)ccc1Nc1ncc(-c2ccc(Cl)c(O[C@@H](C)Cn3cnnn3)c2)cn1. The predicted octanol–water partition coefficient (Wildman–Crippen LogP) is 4.85. The summed E-state index contributed by atoms with van der Waals surface area (Å²) in [7, 11) is 1.57. The minimum absolute atomic E-state index is 0.217. The highest BCUT2D eigenvalue weighted by Crippen LogP contribution is 2.32. The highest BCUT2D eigenvalue weighted by atomic mass is 35.5. The first-order valence-corrected chi connectivity index (χ1v) is 15.0. The van der Waals surface area contributed by atoms with Crippen molar-refractivity contribution in [2.24, 2.45) is 0 Å². The molecule has 4 aromatic rings. The number of halogens is 1. The number of benzene rings is 1. The van der Waals surface area contributed by atoms with Crippen LogP contribution in [-0.2, 0) is 11.3 Å². The van der Waals surface area contributed by atoms with Gasteiger partial charge >= 0.3 is 6.09 Å². The third-order valence-corrected chi connectivity index (χ3v) is 7.15. The summed E-state index contributed by atoms with van der Waals surface area (Å²) in [5.41, 5.74) is 1.73. The zero-order chi connectivity index (χ0) is 32.0. The molecule has 3 aromatic heterocycles. The molecule has 1 saturated heterocycles. The number of pyridine rings is 1. The number of nitrogens with one attached hydrogen (secondary N) is 1. The van der Waals surface area contributed by atoms with Crippen LogP contribution in [0.15, 0.2) is 49.1 Å². The zero-order valence-electron chi connectivity index (χ0n) is 26.0. The van der Waals surface area contributed by atoms with E-state index < -0.39 is 5.60 Å². The molecule has 0 spiro atoms. The van der Waals surface area contributed by atoms with E-state index in [1.165, 1.54) is 6.33 Å². The molecule has 238 valence electrons. The molecule has 1 aliphatic heterocycles. The van der Waals surface area contributed by atoms with Gasteiger partial charge in [0.2, 0.25) is 11.8 Å². The van der Waals surface area contributed by atoms with Crippen LogP contribution in [0, 0.1) is 0 Å². The van der Waals surface area contributed by atoms with E-state index in [-0.39, 0.29) is 12.2 Å². The lowest BCUT2D eigenvalue weighted by molar-refractivity contribution is 0.0263. The Hall–Kier alpha value is -4.72. The van der Waals surface area contributed by atoms with Gasteiger partial charge in [-0.15, -0.1) is 5.10 Å². The molecule has 45 heavy (non-hydrogen) atoms. The van der Waals surface area contributed by atoms with Gasteiger partial charge in [-0.2, -0.15) is 4.98 Å². The summed E-state index contributed by atoms with van der Waals surface area (Å²) in [5, 5.41) is 14.8. The average Bonchev–Trinajstić information content (AvgIpc) is 3.38. The Balaban J connectivity index is 1.22. The molecule has 1 fully saturated rings. The number of aromatic nitrogens is 7. The van der Waals surface area contributed by atoms with Crippen LogP contribution in [-0.4, -0.2) is 91.1 Å². The number of hydrogen-bond donors (Lipinski definition) is 1. The maximum atomic E-state index is 12.6. The number of hydrogen-bond acceptors (Lipinski definition) is 12. The monoisotopic (exact) mass is 636 g/mol. The van der Waals surface area contributed by atoms with Crippen LogP contribution in [0.4, 0.5) is 22.2 Å². The molecular formula is C30H37ClN10O4. The maximum absolute atomic E-state index is 12.6. The topological polar surface area (TPSA) is 146 Å². The van der Waals surface area contributed by atoms with Crippen LogP contribution in [0.2, 0.25) is 5.02 Å². The van der Waals surface area contributed by atoms with E-state index in [4.69, 9.17) is 30.8 Å². The fourth-order valence-corrected chi connectivity index (χ4v) is 4.89. The molecule has 0 unspecified atom stereocenters. The van der Waals surface area contributed by atoms with E-state index in [1.807, 2.05) is 52.0 Å². The first-order chi connectivity index (χ1) is 21.6. The third-order valence-electron chi connectivity index (χ3n) is 6.84. The Bertz CT molecular complexity index is 1580. The van der Waals surface area contributed by atoms with Crippen LogP contribution in [0.1, 0.15) is 34.1 Å². The smallest absolute Gasteiger partial charge is 0.410 e. The number of carbonyl (C=O) groups is 1. The van der Waals surface area contributed by atoms with Gasteiger partial charge < -0.3 is 29.3 Å². The van der Waals surface area contributed by atoms with Crippen LogP contribution in [0.3, 0.4) is 0 Å². The Kier molecular flexibility index (Phi) is 9.81. The van der Waals surface area contributed by atoms with Crippen molar-refractivity contribution in [3.8, 4) is 22.8 Å². The normalized spacial score (nSPS) is 14.4. The predicted molar refractivity (Wildman–Crippen MR) is 169 cm³/mol. The summed E-state index contributed by atoms with van der Waals surface area (Å²) in [4.78, 5) is 30.2. The number of nitrogens with zero attached hydrogens (tertiary/aromatic N) is 9. The van der Waals surface area contributed by atoms with Crippen molar-refractivity contribution < 1.29 is 19.0 Å². The second-order valence-corrected chi connectivity index (χ2v) is 12.0. The summed E-state index contributed by atoms with van der Waals surface area (Å²) in [6.07, 6.45) is 5.25. The number of tetrazole rings is 1. The summed E-state index contributed by atoms with van der Waals surface area (Å²) in [5.74, 6) is 2.08. The van der Waals surface area contributed by atoms with Crippen LogP contribution < -0.4 is 19.7 Å². The highest BCUT2D eigenvalue weighted by molar-refractivity contribution is 6.32. The lowest BCUT2D eigenvalue weighted by Gasteiger charge is -2.26. The van der Waals surface area contributed by atoms with Crippen molar-refractivity contribution in [2.45, 2.75) is 52.4 Å². The van der Waals surface area contributed by atoms with E-state index in [2.05, 4.69) is 35.7 Å². The Labute approximate surface area is 266 Å². The summed E-state index contributed by atoms with van der Waals surface area (Å²) >= 11 is 6.41. The van der Waals surface area contributed by atoms with Gasteiger partial charge in [-0.05, 0) is 74.4 Å². The van der Waals surface area contributed by atoms with Crippen molar-refractivity contribution in [1.82, 2.24) is 40.1 Å². The van der Waals surface area contributed by atoms with Gasteiger partial charge in [0.25, 0.3) is 0 Å². The second-order valence-electron chi connectivity index (χ2n) is 11.6. The van der Waals surface area contributed by atoms with E-state index in [0.29, 0.717) is 54.5 Å². The van der Waals surface area contributed by atoms with Gasteiger partial charge in [-0.1, -0.05) is 17.7 Å². The van der Waals surface area contributed by atoms with Gasteiger partial charge in [-0.25, -0.2) is 19.4 Å². The van der Waals surface area contributed by atoms with Gasteiger partial charge in [0.1, 0.15) is 35.3 Å². The number of amides is 1. The van der Waals surface area contributed by atoms with Crippen molar-refractivity contribution in [3.05, 3.63) is 54.1 Å². The quantitative estimate of drug-likeness (QED) is 0.268. The molecular weight excluding hydrogens is 600 g/mol. The molecule has 0 aliphatic carbocycles. The first kappa shape index (κ1) is 31.7. The molecule has 1 atom stereocenters. The van der Waals surface area contributed by atoms with E-state index in [1.54, 1.807) is 35.2 Å². The number of anilines is 3. The molecule has 14 nitrogen and oxygen atoms in total.